The van der Waals surface area contributed by atoms with Crippen LogP contribution in [-0.2, 0) is 4.79 Å². The molecule has 6 nitrogen and oxygen atoms in total. The number of anilines is 2. The van der Waals surface area contributed by atoms with Crippen LogP contribution in [0.4, 0.5) is 25.0 Å². The molecule has 2 heterocycles. The highest BCUT2D eigenvalue weighted by molar-refractivity contribution is 6.03. The molecule has 2 aromatic carbocycles. The number of rotatable bonds is 4. The smallest absolute Gasteiger partial charge is 0.324 e. The third-order valence-corrected chi connectivity index (χ3v) is 4.79. The van der Waals surface area contributed by atoms with Crippen molar-refractivity contribution in [1.82, 2.24) is 9.88 Å². The molecule has 3 amide bonds. The number of carbonyl (C=O) groups excluding carboxylic acids is 2. The van der Waals surface area contributed by atoms with Crippen LogP contribution in [0, 0.1) is 18.6 Å². The van der Waals surface area contributed by atoms with Crippen molar-refractivity contribution in [3.63, 3.8) is 0 Å². The number of hydrogen-bond donors (Lipinski definition) is 1. The Bertz CT molecular complexity index is 1120. The summed E-state index contributed by atoms with van der Waals surface area (Å²) in [6.07, 6.45) is 0. The minimum Gasteiger partial charge on any atom is -0.324 e. The lowest BCUT2D eigenvalue weighted by molar-refractivity contribution is -0.116. The average molecular weight is 396 g/mol. The normalized spacial score (nSPS) is 14.0. The highest BCUT2D eigenvalue weighted by Crippen LogP contribution is 2.24. The largest absolute Gasteiger partial charge is 0.325 e. The first-order valence-corrected chi connectivity index (χ1v) is 9.10. The van der Waals surface area contributed by atoms with E-state index in [9.17, 15) is 18.4 Å². The Kier molecular flexibility index (Phi) is 4.84. The summed E-state index contributed by atoms with van der Waals surface area (Å²) in [5.41, 5.74) is 2.52. The summed E-state index contributed by atoms with van der Waals surface area (Å²) in [5.74, 6) is -2.35. The van der Waals surface area contributed by atoms with E-state index in [-0.39, 0.29) is 24.7 Å². The third-order valence-electron chi connectivity index (χ3n) is 4.79. The monoisotopic (exact) mass is 396 g/mol. The van der Waals surface area contributed by atoms with Gasteiger partial charge in [-0.05, 0) is 43.3 Å². The minimum absolute atomic E-state index is 0.144. The van der Waals surface area contributed by atoms with Crippen molar-refractivity contribution >= 4 is 34.2 Å². The Balaban J connectivity index is 1.45. The lowest BCUT2D eigenvalue weighted by atomic mass is 10.1. The van der Waals surface area contributed by atoms with Gasteiger partial charge in [-0.2, -0.15) is 0 Å². The number of halogens is 2. The van der Waals surface area contributed by atoms with Gasteiger partial charge in [0.25, 0.3) is 0 Å². The Morgan fingerprint density at radius 1 is 1.10 bits per heavy atom. The molecular formula is C21H18F2N4O2. The molecule has 1 aliphatic rings. The van der Waals surface area contributed by atoms with Gasteiger partial charge in [-0.25, -0.2) is 13.6 Å². The second kappa shape index (κ2) is 7.46. The average Bonchev–Trinajstić information content (AvgIpc) is 3.04. The predicted molar refractivity (Wildman–Crippen MR) is 106 cm³/mol. The van der Waals surface area contributed by atoms with E-state index in [1.165, 1.54) is 15.9 Å². The first-order chi connectivity index (χ1) is 13.9. The van der Waals surface area contributed by atoms with Gasteiger partial charge in [0.1, 0.15) is 6.54 Å². The molecule has 29 heavy (non-hydrogen) atoms. The van der Waals surface area contributed by atoms with E-state index in [1.54, 1.807) is 12.1 Å². The number of amides is 3. The van der Waals surface area contributed by atoms with E-state index >= 15 is 0 Å². The molecule has 0 spiro atoms. The van der Waals surface area contributed by atoms with Gasteiger partial charge in [0.05, 0.1) is 11.2 Å². The summed E-state index contributed by atoms with van der Waals surface area (Å²) < 4.78 is 26.6. The minimum atomic E-state index is -1.02. The number of aryl methyl sites for hydroxylation is 1. The van der Waals surface area contributed by atoms with Gasteiger partial charge in [0, 0.05) is 35.9 Å². The van der Waals surface area contributed by atoms with Crippen LogP contribution in [-0.4, -0.2) is 41.5 Å². The van der Waals surface area contributed by atoms with Crippen LogP contribution in [0.25, 0.3) is 10.9 Å². The molecule has 1 aliphatic heterocycles. The van der Waals surface area contributed by atoms with Crippen molar-refractivity contribution in [2.24, 2.45) is 0 Å². The summed E-state index contributed by atoms with van der Waals surface area (Å²) in [5, 5.41) is 3.63. The molecule has 4 rings (SSSR count). The molecule has 0 aliphatic carbocycles. The lowest BCUT2D eigenvalue weighted by Gasteiger charge is -2.19. The second-order valence-electron chi connectivity index (χ2n) is 6.83. The molecule has 3 aromatic rings. The summed E-state index contributed by atoms with van der Waals surface area (Å²) in [6, 6.07) is 12.0. The predicted octanol–water partition coefficient (Wildman–Crippen LogP) is 3.70. The van der Waals surface area contributed by atoms with E-state index in [0.717, 1.165) is 28.7 Å². The van der Waals surface area contributed by atoms with E-state index in [1.807, 2.05) is 25.1 Å². The zero-order valence-electron chi connectivity index (χ0n) is 15.7. The zero-order valence-corrected chi connectivity index (χ0v) is 15.7. The standard InChI is InChI=1S/C21H18F2N4O2/c1-13-5-7-15-18(24-13)3-2-4-19(15)25-20(28)12-26-9-10-27(21(26)29)14-6-8-16(22)17(23)11-14/h2-8,11H,9-10,12H2,1H3,(H,25,28). The van der Waals surface area contributed by atoms with Crippen molar-refractivity contribution in [3.8, 4) is 0 Å². The SMILES string of the molecule is Cc1ccc2c(NC(=O)CN3CCN(c4ccc(F)c(F)c4)C3=O)cccc2n1. The zero-order chi connectivity index (χ0) is 20.5. The van der Waals surface area contributed by atoms with Crippen molar-refractivity contribution < 1.29 is 18.4 Å². The molecule has 0 bridgehead atoms. The fourth-order valence-corrected chi connectivity index (χ4v) is 3.35. The summed E-state index contributed by atoms with van der Waals surface area (Å²) in [6.45, 7) is 2.34. The number of benzene rings is 2. The van der Waals surface area contributed by atoms with Gasteiger partial charge in [-0.15, -0.1) is 0 Å². The molecular weight excluding hydrogens is 378 g/mol. The van der Waals surface area contributed by atoms with Crippen LogP contribution < -0.4 is 10.2 Å². The highest BCUT2D eigenvalue weighted by Gasteiger charge is 2.31. The fraction of sp³-hybridized carbons (Fsp3) is 0.190. The molecule has 8 heteroatoms. The van der Waals surface area contributed by atoms with Gasteiger partial charge < -0.3 is 10.2 Å². The molecule has 0 unspecified atom stereocenters. The van der Waals surface area contributed by atoms with E-state index < -0.39 is 17.7 Å². The Hall–Kier alpha value is -3.55. The highest BCUT2D eigenvalue weighted by atomic mass is 19.2. The second-order valence-corrected chi connectivity index (χ2v) is 6.83. The quantitative estimate of drug-likeness (QED) is 0.731. The van der Waals surface area contributed by atoms with Gasteiger partial charge in [0.15, 0.2) is 11.6 Å². The molecule has 0 saturated carbocycles. The van der Waals surface area contributed by atoms with E-state index in [2.05, 4.69) is 10.3 Å². The third kappa shape index (κ3) is 3.73. The maximum atomic E-state index is 13.5. The molecule has 0 radical (unpaired) electrons. The summed E-state index contributed by atoms with van der Waals surface area (Å²) >= 11 is 0. The number of nitrogens with one attached hydrogen (secondary N) is 1. The molecule has 1 aromatic heterocycles. The van der Waals surface area contributed by atoms with Crippen molar-refractivity contribution in [2.75, 3.05) is 29.9 Å². The number of carbonyl (C=O) groups is 2. The first kappa shape index (κ1) is 18.8. The lowest BCUT2D eigenvalue weighted by Crippen LogP contribution is -2.37. The van der Waals surface area contributed by atoms with Gasteiger partial charge in [-0.3, -0.25) is 14.7 Å². The van der Waals surface area contributed by atoms with Crippen LogP contribution >= 0.6 is 0 Å². The maximum Gasteiger partial charge on any atom is 0.325 e. The van der Waals surface area contributed by atoms with Crippen molar-refractivity contribution in [3.05, 3.63) is 65.9 Å². The van der Waals surface area contributed by atoms with Crippen LogP contribution in [0.2, 0.25) is 0 Å². The van der Waals surface area contributed by atoms with Gasteiger partial charge in [0.2, 0.25) is 5.91 Å². The van der Waals surface area contributed by atoms with Crippen molar-refractivity contribution in [2.45, 2.75) is 6.92 Å². The van der Waals surface area contributed by atoms with Crippen LogP contribution in [0.5, 0.6) is 0 Å². The Labute approximate surface area is 165 Å². The van der Waals surface area contributed by atoms with Crippen LogP contribution in [0.3, 0.4) is 0 Å². The number of fused-ring (bicyclic) bond motifs is 1. The topological polar surface area (TPSA) is 65.5 Å². The van der Waals surface area contributed by atoms with Crippen molar-refractivity contribution in [1.29, 1.82) is 0 Å². The first-order valence-electron chi connectivity index (χ1n) is 9.10. The number of nitrogens with zero attached hydrogens (tertiary/aromatic N) is 3. The van der Waals surface area contributed by atoms with E-state index in [0.29, 0.717) is 12.2 Å². The molecule has 1 N–H and O–H groups in total. The Morgan fingerprint density at radius 2 is 1.93 bits per heavy atom. The molecule has 1 saturated heterocycles. The van der Waals surface area contributed by atoms with Gasteiger partial charge >= 0.3 is 6.03 Å². The Morgan fingerprint density at radius 3 is 2.72 bits per heavy atom. The summed E-state index contributed by atoms with van der Waals surface area (Å²) in [7, 11) is 0. The molecule has 148 valence electrons. The molecule has 1 fully saturated rings. The maximum absolute atomic E-state index is 13.5. The summed E-state index contributed by atoms with van der Waals surface area (Å²) in [4.78, 5) is 32.2. The van der Waals surface area contributed by atoms with Crippen LogP contribution in [0.1, 0.15) is 5.69 Å². The number of aromatic nitrogens is 1. The number of urea groups is 1. The van der Waals surface area contributed by atoms with E-state index in [4.69, 9.17) is 0 Å². The number of pyridine rings is 1. The van der Waals surface area contributed by atoms with Crippen LogP contribution in [0.15, 0.2) is 48.5 Å². The number of hydrogen-bond acceptors (Lipinski definition) is 3. The molecule has 0 atom stereocenters. The van der Waals surface area contributed by atoms with Gasteiger partial charge in [-0.1, -0.05) is 6.07 Å². The fourth-order valence-electron chi connectivity index (χ4n) is 3.35.